The van der Waals surface area contributed by atoms with E-state index < -0.39 is 0 Å². The lowest BCUT2D eigenvalue weighted by Crippen LogP contribution is -2.29. The first-order valence-corrected chi connectivity index (χ1v) is 9.56. The monoisotopic (exact) mass is 414 g/mol. The molecule has 1 aromatic heterocycles. The Kier molecular flexibility index (Phi) is 7.60. The Morgan fingerprint density at radius 2 is 2.03 bits per heavy atom. The number of nitrogens with one attached hydrogen (secondary N) is 3. The molecule has 1 aliphatic rings. The Balaban J connectivity index is 0.00000240. The maximum absolute atomic E-state index is 5.37. The minimum absolute atomic E-state index is 0. The van der Waals surface area contributed by atoms with Crippen LogP contribution in [0.15, 0.2) is 61.2 Å². The maximum Gasteiger partial charge on any atom is 0.137 e. The van der Waals surface area contributed by atoms with Crippen LogP contribution in [0.4, 0.5) is 0 Å². The average Bonchev–Trinajstić information content (AvgIpc) is 3.41. The zero-order valence-electron chi connectivity index (χ0n) is 16.4. The molecule has 7 nitrogen and oxygen atoms in total. The molecule has 0 radical (unpaired) electrons. The molecule has 2 heterocycles. The lowest BCUT2D eigenvalue weighted by atomic mass is 9.94. The van der Waals surface area contributed by atoms with Crippen LogP contribution in [0.1, 0.15) is 22.7 Å². The van der Waals surface area contributed by atoms with Crippen molar-refractivity contribution in [3.8, 4) is 5.75 Å². The molecule has 8 heteroatoms. The third-order valence-electron chi connectivity index (χ3n) is 5.19. The Hall–Kier alpha value is -2.45. The van der Waals surface area contributed by atoms with E-state index in [9.17, 15) is 0 Å². The number of aromatic nitrogens is 3. The molecule has 1 aliphatic heterocycles. The van der Waals surface area contributed by atoms with Crippen molar-refractivity contribution in [2.24, 2.45) is 5.92 Å². The van der Waals surface area contributed by atoms with Crippen LogP contribution in [-0.2, 0) is 13.1 Å². The number of rotatable bonds is 8. The van der Waals surface area contributed by atoms with Gasteiger partial charge in [-0.1, -0.05) is 36.4 Å². The molecule has 0 aliphatic carbocycles. The second-order valence-electron chi connectivity index (χ2n) is 7.03. The number of ether oxygens (including phenoxy) is 1. The van der Waals surface area contributed by atoms with Crippen molar-refractivity contribution in [3.05, 3.63) is 77.9 Å². The minimum atomic E-state index is 0. The van der Waals surface area contributed by atoms with Gasteiger partial charge in [-0.05, 0) is 28.8 Å². The van der Waals surface area contributed by atoms with Crippen LogP contribution >= 0.6 is 12.4 Å². The molecule has 0 bridgehead atoms. The summed E-state index contributed by atoms with van der Waals surface area (Å²) >= 11 is 0. The minimum Gasteiger partial charge on any atom is -0.497 e. The first-order chi connectivity index (χ1) is 13.8. The van der Waals surface area contributed by atoms with Gasteiger partial charge in [0, 0.05) is 25.6 Å². The number of nitrogens with zero attached hydrogens (tertiary/aromatic N) is 3. The van der Waals surface area contributed by atoms with Gasteiger partial charge in [0.15, 0.2) is 0 Å². The molecule has 1 fully saturated rings. The van der Waals surface area contributed by atoms with Crippen molar-refractivity contribution in [2.75, 3.05) is 20.2 Å². The van der Waals surface area contributed by atoms with Gasteiger partial charge in [-0.25, -0.2) is 15.1 Å². The van der Waals surface area contributed by atoms with Gasteiger partial charge in [0.25, 0.3) is 0 Å². The van der Waals surface area contributed by atoms with Crippen LogP contribution in [0.2, 0.25) is 0 Å². The molecule has 3 aromatic rings. The highest BCUT2D eigenvalue weighted by Gasteiger charge is 2.28. The quantitative estimate of drug-likeness (QED) is 0.525. The van der Waals surface area contributed by atoms with Crippen LogP contribution in [0.5, 0.6) is 5.75 Å². The average molecular weight is 415 g/mol. The molecule has 2 atom stereocenters. The molecule has 3 N–H and O–H groups in total. The summed E-state index contributed by atoms with van der Waals surface area (Å²) in [5, 5.41) is 7.85. The lowest BCUT2D eigenvalue weighted by molar-refractivity contribution is 0.409. The van der Waals surface area contributed by atoms with Gasteiger partial charge in [0.05, 0.1) is 19.7 Å². The largest absolute Gasteiger partial charge is 0.497 e. The lowest BCUT2D eigenvalue weighted by Gasteiger charge is -2.20. The summed E-state index contributed by atoms with van der Waals surface area (Å²) in [7, 11) is 1.70. The third kappa shape index (κ3) is 5.33. The Morgan fingerprint density at radius 3 is 2.83 bits per heavy atom. The van der Waals surface area contributed by atoms with Gasteiger partial charge < -0.3 is 10.1 Å². The molecule has 29 heavy (non-hydrogen) atoms. The number of hydrogen-bond donors (Lipinski definition) is 3. The van der Waals surface area contributed by atoms with Gasteiger partial charge >= 0.3 is 0 Å². The van der Waals surface area contributed by atoms with Crippen LogP contribution in [0, 0.1) is 5.92 Å². The summed E-state index contributed by atoms with van der Waals surface area (Å²) in [5.74, 6) is 1.34. The number of hydrogen-bond acceptors (Lipinski definition) is 6. The maximum atomic E-state index is 5.37. The van der Waals surface area contributed by atoms with E-state index in [-0.39, 0.29) is 18.4 Å². The van der Waals surface area contributed by atoms with Crippen molar-refractivity contribution in [3.63, 3.8) is 0 Å². The van der Waals surface area contributed by atoms with Crippen molar-refractivity contribution < 1.29 is 4.74 Å². The topological polar surface area (TPSA) is 76.0 Å². The van der Waals surface area contributed by atoms with E-state index in [4.69, 9.17) is 4.74 Å². The fourth-order valence-electron chi connectivity index (χ4n) is 3.68. The van der Waals surface area contributed by atoms with E-state index in [2.05, 4.69) is 62.6 Å². The Bertz CT molecular complexity index is 888. The smallest absolute Gasteiger partial charge is 0.137 e. The Morgan fingerprint density at radius 1 is 1.17 bits per heavy atom. The highest BCUT2D eigenvalue weighted by atomic mass is 35.5. The summed E-state index contributed by atoms with van der Waals surface area (Å²) < 4.78 is 7.22. The van der Waals surface area contributed by atoms with Gasteiger partial charge in [-0.2, -0.15) is 5.10 Å². The first kappa shape index (κ1) is 21.3. The summed E-state index contributed by atoms with van der Waals surface area (Å²) in [4.78, 5) is 4.03. The molecule has 0 spiro atoms. The standard InChI is InChI=1S/C21H26N6O.ClH/c1-28-20-8-4-7-16(9-20)21-19(12-24-26-21)11-22-10-17-5-2-3-6-18(17)13-27-15-23-14-25-27;/h2-9,14-15,19,21-22,24,26H,10-13H2,1H3;1H. The molecule has 154 valence electrons. The molecule has 2 aromatic carbocycles. The normalized spacial score (nSPS) is 18.4. The second-order valence-corrected chi connectivity index (χ2v) is 7.03. The third-order valence-corrected chi connectivity index (χ3v) is 5.19. The van der Waals surface area contributed by atoms with E-state index in [1.165, 1.54) is 16.7 Å². The van der Waals surface area contributed by atoms with Crippen molar-refractivity contribution >= 4 is 12.4 Å². The van der Waals surface area contributed by atoms with Crippen LogP contribution < -0.4 is 20.9 Å². The van der Waals surface area contributed by atoms with Gasteiger partial charge in [0.1, 0.15) is 18.4 Å². The highest BCUT2D eigenvalue weighted by Crippen LogP contribution is 2.27. The summed E-state index contributed by atoms with van der Waals surface area (Å²) in [5.41, 5.74) is 10.5. The van der Waals surface area contributed by atoms with E-state index in [0.29, 0.717) is 5.92 Å². The molecule has 4 rings (SSSR count). The fraction of sp³-hybridized carbons (Fsp3) is 0.333. The van der Waals surface area contributed by atoms with E-state index in [0.717, 1.165) is 31.9 Å². The fourth-order valence-corrected chi connectivity index (χ4v) is 3.68. The molecular formula is C21H27ClN6O. The molecule has 1 saturated heterocycles. The predicted molar refractivity (Wildman–Crippen MR) is 115 cm³/mol. The predicted octanol–water partition coefficient (Wildman–Crippen LogP) is 2.31. The number of methoxy groups -OCH3 is 1. The van der Waals surface area contributed by atoms with Crippen LogP contribution in [0.3, 0.4) is 0 Å². The SMILES string of the molecule is COc1cccc(C2NNCC2CNCc2ccccc2Cn2cncn2)c1.Cl. The molecule has 0 amide bonds. The molecule has 0 saturated carbocycles. The zero-order chi connectivity index (χ0) is 19.2. The second kappa shape index (κ2) is 10.4. The summed E-state index contributed by atoms with van der Waals surface area (Å²) in [6.07, 6.45) is 3.32. The number of benzene rings is 2. The van der Waals surface area contributed by atoms with Crippen LogP contribution in [0.25, 0.3) is 0 Å². The van der Waals surface area contributed by atoms with Gasteiger partial charge in [0.2, 0.25) is 0 Å². The zero-order valence-corrected chi connectivity index (χ0v) is 17.2. The van der Waals surface area contributed by atoms with E-state index >= 15 is 0 Å². The highest BCUT2D eigenvalue weighted by molar-refractivity contribution is 5.85. The molecule has 2 unspecified atom stereocenters. The molecular weight excluding hydrogens is 388 g/mol. The van der Waals surface area contributed by atoms with Gasteiger partial charge in [-0.15, -0.1) is 12.4 Å². The van der Waals surface area contributed by atoms with Crippen LogP contribution in [-0.4, -0.2) is 35.0 Å². The van der Waals surface area contributed by atoms with Crippen molar-refractivity contribution in [1.29, 1.82) is 0 Å². The van der Waals surface area contributed by atoms with Crippen molar-refractivity contribution in [2.45, 2.75) is 19.1 Å². The summed E-state index contributed by atoms with van der Waals surface area (Å²) in [6.45, 7) is 3.40. The summed E-state index contributed by atoms with van der Waals surface area (Å²) in [6, 6.07) is 17.0. The first-order valence-electron chi connectivity index (χ1n) is 9.56. The van der Waals surface area contributed by atoms with Gasteiger partial charge in [-0.3, -0.25) is 5.43 Å². The van der Waals surface area contributed by atoms with Crippen molar-refractivity contribution in [1.82, 2.24) is 30.9 Å². The number of halogens is 1. The van der Waals surface area contributed by atoms with E-state index in [1.54, 1.807) is 19.8 Å². The van der Waals surface area contributed by atoms with E-state index in [1.807, 2.05) is 16.8 Å². The Labute approximate surface area is 177 Å². The number of hydrazine groups is 1.